The fourth-order valence-electron chi connectivity index (χ4n) is 3.23. The van der Waals surface area contributed by atoms with Crippen LogP contribution in [0.25, 0.3) is 10.8 Å². The van der Waals surface area contributed by atoms with E-state index in [4.69, 9.17) is 4.74 Å². The Bertz CT molecular complexity index is 1020. The van der Waals surface area contributed by atoms with E-state index < -0.39 is 16.3 Å². The lowest BCUT2D eigenvalue weighted by Crippen LogP contribution is -2.26. The van der Waals surface area contributed by atoms with Gasteiger partial charge >= 0.3 is 5.97 Å². The molecule has 0 bridgehead atoms. The number of hydrogen-bond donors (Lipinski definition) is 0. The summed E-state index contributed by atoms with van der Waals surface area (Å²) in [6, 6.07) is 6.71. The molecule has 0 atom stereocenters. The Morgan fingerprint density at radius 2 is 2.08 bits per heavy atom. The third kappa shape index (κ3) is 2.25. The predicted molar refractivity (Wildman–Crippen MR) is 88.4 cm³/mol. The van der Waals surface area contributed by atoms with Crippen LogP contribution in [0.2, 0.25) is 0 Å². The third-order valence-corrected chi connectivity index (χ3v) is 4.49. The van der Waals surface area contributed by atoms with Gasteiger partial charge in [-0.15, -0.1) is 0 Å². The van der Waals surface area contributed by atoms with E-state index in [1.165, 1.54) is 12.4 Å². The van der Waals surface area contributed by atoms with E-state index in [0.29, 0.717) is 22.9 Å². The number of ether oxygens (including phenoxy) is 1. The van der Waals surface area contributed by atoms with Gasteiger partial charge in [0.05, 0.1) is 28.3 Å². The van der Waals surface area contributed by atoms with Crippen molar-refractivity contribution in [2.24, 2.45) is 0 Å². The van der Waals surface area contributed by atoms with E-state index in [0.717, 1.165) is 5.56 Å². The molecule has 1 aliphatic heterocycles. The maximum atomic E-state index is 12.2. The summed E-state index contributed by atoms with van der Waals surface area (Å²) in [6.07, 6.45) is 3.04. The molecule has 0 aliphatic carbocycles. The number of aromatic nitrogens is 3. The Hall–Kier alpha value is -3.29. The quantitative estimate of drug-likeness (QED) is 0.315. The van der Waals surface area contributed by atoms with Crippen LogP contribution in [0.5, 0.6) is 5.75 Å². The van der Waals surface area contributed by atoms with Gasteiger partial charge in [-0.05, 0) is 36.9 Å². The Kier molecular flexibility index (Phi) is 3.11. The molecule has 2 aromatic carbocycles. The minimum atomic E-state index is -0.866. The molecule has 0 N–H and O–H groups in total. The third-order valence-electron chi connectivity index (χ3n) is 4.49. The van der Waals surface area contributed by atoms with Gasteiger partial charge in [0.25, 0.3) is 5.69 Å². The smallest absolute Gasteiger partial charge is 0.321 e. The second-order valence-corrected chi connectivity index (χ2v) is 6.51. The molecule has 1 aliphatic rings. The van der Waals surface area contributed by atoms with Gasteiger partial charge in [-0.3, -0.25) is 14.9 Å². The maximum Gasteiger partial charge on any atom is 0.321 e. The van der Waals surface area contributed by atoms with Gasteiger partial charge in [0.1, 0.15) is 18.4 Å². The molecule has 0 unspecified atom stereocenters. The second-order valence-electron chi connectivity index (χ2n) is 6.51. The number of hydrogen-bond acceptors (Lipinski definition) is 6. The number of non-ortho nitro benzene ring substituents is 1. The molecular formula is C17H14N4O4. The van der Waals surface area contributed by atoms with Gasteiger partial charge < -0.3 is 4.74 Å². The monoisotopic (exact) mass is 338 g/mol. The number of nitrogens with zero attached hydrogens (tertiary/aromatic N) is 4. The molecule has 3 aromatic rings. The molecule has 2 heterocycles. The van der Waals surface area contributed by atoms with Crippen LogP contribution >= 0.6 is 0 Å². The summed E-state index contributed by atoms with van der Waals surface area (Å²) in [7, 11) is 0. The highest BCUT2D eigenvalue weighted by Gasteiger charge is 2.43. The molecule has 8 heteroatoms. The average molecular weight is 338 g/mol. The van der Waals surface area contributed by atoms with Crippen LogP contribution in [0.15, 0.2) is 36.9 Å². The number of carbonyl (C=O) groups excluding carboxylic acids is 1. The van der Waals surface area contributed by atoms with Crippen molar-refractivity contribution in [3.63, 3.8) is 0 Å². The highest BCUT2D eigenvalue weighted by Crippen LogP contribution is 2.47. The summed E-state index contributed by atoms with van der Waals surface area (Å²) >= 11 is 0. The number of fused-ring (bicyclic) bond motifs is 3. The second kappa shape index (κ2) is 5.10. The van der Waals surface area contributed by atoms with Crippen LogP contribution in [0, 0.1) is 10.1 Å². The van der Waals surface area contributed by atoms with E-state index in [-0.39, 0.29) is 11.4 Å². The van der Waals surface area contributed by atoms with Gasteiger partial charge in [-0.2, -0.15) is 5.10 Å². The van der Waals surface area contributed by atoms with E-state index in [1.54, 1.807) is 30.9 Å². The Balaban J connectivity index is 1.98. The van der Waals surface area contributed by atoms with Crippen molar-refractivity contribution < 1.29 is 14.5 Å². The maximum absolute atomic E-state index is 12.2. The van der Waals surface area contributed by atoms with E-state index in [1.807, 2.05) is 12.1 Å². The zero-order chi connectivity index (χ0) is 17.8. The standard InChI is InChI=1S/C17H14N4O4/c1-17(2)15-12-5-10(7-20-9-18-8-19-20)3-4-11(12)13(21(23)24)6-14(15)25-16(17)22/h3-6,8-9H,7H2,1-2H3. The lowest BCUT2D eigenvalue weighted by molar-refractivity contribution is -0.383. The number of rotatable bonds is 3. The van der Waals surface area contributed by atoms with Crippen LogP contribution in [-0.2, 0) is 16.8 Å². The number of nitro benzene ring substituents is 1. The van der Waals surface area contributed by atoms with Crippen molar-refractivity contribution in [2.75, 3.05) is 0 Å². The zero-order valence-electron chi connectivity index (χ0n) is 13.6. The summed E-state index contributed by atoms with van der Waals surface area (Å²) in [5.74, 6) is -0.155. The van der Waals surface area contributed by atoms with E-state index in [2.05, 4.69) is 10.1 Å². The highest BCUT2D eigenvalue weighted by atomic mass is 16.6. The van der Waals surface area contributed by atoms with Crippen LogP contribution in [0.4, 0.5) is 5.69 Å². The molecule has 1 aromatic heterocycles. The molecule has 4 rings (SSSR count). The first-order valence-corrected chi connectivity index (χ1v) is 7.67. The number of benzene rings is 2. The lowest BCUT2D eigenvalue weighted by atomic mass is 9.82. The Morgan fingerprint density at radius 3 is 2.76 bits per heavy atom. The minimum Gasteiger partial charge on any atom is -0.425 e. The molecule has 0 fully saturated rings. The van der Waals surface area contributed by atoms with Crippen LogP contribution in [-0.4, -0.2) is 25.7 Å². The van der Waals surface area contributed by atoms with Crippen molar-refractivity contribution in [3.05, 3.63) is 58.2 Å². The van der Waals surface area contributed by atoms with Gasteiger partial charge in [0.2, 0.25) is 0 Å². The summed E-state index contributed by atoms with van der Waals surface area (Å²) < 4.78 is 6.95. The van der Waals surface area contributed by atoms with Crippen LogP contribution in [0.3, 0.4) is 0 Å². The molecule has 0 radical (unpaired) electrons. The Labute approximate surface area is 142 Å². The van der Waals surface area contributed by atoms with Crippen LogP contribution < -0.4 is 4.74 Å². The molecule has 126 valence electrons. The molecule has 0 spiro atoms. The van der Waals surface area contributed by atoms with Gasteiger partial charge in [-0.25, -0.2) is 9.67 Å². The van der Waals surface area contributed by atoms with Gasteiger partial charge in [0, 0.05) is 5.56 Å². The van der Waals surface area contributed by atoms with Crippen molar-refractivity contribution in [1.82, 2.24) is 14.8 Å². The summed E-state index contributed by atoms with van der Waals surface area (Å²) in [5, 5.41) is 16.6. The SMILES string of the molecule is CC1(C)C(=O)Oc2cc([N+](=O)[O-])c3ccc(Cn4cncn4)cc3c21. The average Bonchev–Trinajstić information content (AvgIpc) is 3.13. The van der Waals surface area contributed by atoms with Gasteiger partial charge in [0.15, 0.2) is 0 Å². The summed E-state index contributed by atoms with van der Waals surface area (Å²) in [6.45, 7) is 4.00. The van der Waals surface area contributed by atoms with Crippen molar-refractivity contribution in [1.29, 1.82) is 0 Å². The first-order valence-electron chi connectivity index (χ1n) is 7.67. The lowest BCUT2D eigenvalue weighted by Gasteiger charge is -2.16. The minimum absolute atomic E-state index is 0.0773. The zero-order valence-corrected chi connectivity index (χ0v) is 13.6. The fraction of sp³-hybridized carbons (Fsp3) is 0.235. The van der Waals surface area contributed by atoms with Crippen molar-refractivity contribution in [2.45, 2.75) is 25.8 Å². The fourth-order valence-corrected chi connectivity index (χ4v) is 3.23. The summed E-state index contributed by atoms with van der Waals surface area (Å²) in [4.78, 5) is 27.1. The highest BCUT2D eigenvalue weighted by molar-refractivity contribution is 6.03. The molecule has 8 nitrogen and oxygen atoms in total. The van der Waals surface area contributed by atoms with Gasteiger partial charge in [-0.1, -0.05) is 6.07 Å². The molecule has 0 saturated heterocycles. The number of esters is 1. The van der Waals surface area contributed by atoms with E-state index in [9.17, 15) is 14.9 Å². The molecule has 0 amide bonds. The van der Waals surface area contributed by atoms with E-state index >= 15 is 0 Å². The van der Waals surface area contributed by atoms with Crippen molar-refractivity contribution >= 4 is 22.4 Å². The molecular weight excluding hydrogens is 324 g/mol. The first-order chi connectivity index (χ1) is 11.9. The number of nitro groups is 1. The summed E-state index contributed by atoms with van der Waals surface area (Å²) in [5.41, 5.74) is 0.634. The Morgan fingerprint density at radius 1 is 1.28 bits per heavy atom. The largest absolute Gasteiger partial charge is 0.425 e. The predicted octanol–water partition coefficient (Wildman–Crippen LogP) is 2.58. The normalized spacial score (nSPS) is 15.2. The van der Waals surface area contributed by atoms with Crippen LogP contribution in [0.1, 0.15) is 25.0 Å². The number of carbonyl (C=O) groups is 1. The molecule has 0 saturated carbocycles. The topological polar surface area (TPSA) is 100 Å². The van der Waals surface area contributed by atoms with Crippen molar-refractivity contribution in [3.8, 4) is 5.75 Å². The molecule has 25 heavy (non-hydrogen) atoms. The first kappa shape index (κ1) is 15.3.